The molecular weight excluding hydrogens is 2160 g/mol. The minimum atomic E-state index is -2.71. The van der Waals surface area contributed by atoms with Crippen LogP contribution in [0.25, 0.3) is 0 Å². The van der Waals surface area contributed by atoms with Crippen LogP contribution < -0.4 is 47.9 Å². The monoisotopic (exact) mass is 2210 g/mol. The fourth-order valence-electron chi connectivity index (χ4n) is 6.64. The van der Waals surface area contributed by atoms with E-state index in [9.17, 15) is 90.0 Å². The molecule has 6 unspecified atom stereocenters. The van der Waals surface area contributed by atoms with Gasteiger partial charge in [0.05, 0.1) is 148 Å². The first-order valence-corrected chi connectivity index (χ1v) is 33.6. The van der Waals surface area contributed by atoms with Crippen molar-refractivity contribution >= 4 is 274 Å². The molecule has 3 rings (SSSR count). The Balaban J connectivity index is 2.55. The Morgan fingerprint density at radius 2 is 0.412 bits per heavy atom. The van der Waals surface area contributed by atoms with E-state index in [2.05, 4.69) is 47.9 Å². The van der Waals surface area contributed by atoms with Crippen molar-refractivity contribution in [3.05, 3.63) is 65.5 Å². The van der Waals surface area contributed by atoms with Gasteiger partial charge >= 0.3 is 0 Å². The summed E-state index contributed by atoms with van der Waals surface area (Å²) in [5.41, 5.74) is -3.24. The van der Waals surface area contributed by atoms with Crippen LogP contribution in [0.5, 0.6) is 0 Å². The smallest absolute Gasteiger partial charge is 0.253 e. The first-order chi connectivity index (χ1) is 39.9. The van der Waals surface area contributed by atoms with Crippen LogP contribution in [-0.2, 0) is 14.4 Å². The molecule has 0 bridgehead atoms. The minimum absolute atomic E-state index is 0.0815. The maximum Gasteiger partial charge on any atom is 0.253 e. The molecule has 0 aromatic heterocycles. The lowest BCUT2D eigenvalue weighted by molar-refractivity contribution is -0.136. The second-order valence-corrected chi connectivity index (χ2v) is 27.1. The van der Waals surface area contributed by atoms with Gasteiger partial charge in [-0.25, -0.2) is 0 Å². The Kier molecular flexibility index (Phi) is 34.5. The van der Waals surface area contributed by atoms with Crippen LogP contribution in [0.4, 0.5) is 17.1 Å². The number of benzene rings is 3. The number of amides is 9. The van der Waals surface area contributed by atoms with Crippen molar-refractivity contribution in [3.8, 4) is 0 Å². The van der Waals surface area contributed by atoms with Crippen molar-refractivity contribution < 1.29 is 104 Å². The van der Waals surface area contributed by atoms with Gasteiger partial charge < -0.3 is 109 Å². The molecule has 0 spiro atoms. The summed E-state index contributed by atoms with van der Waals surface area (Å²) in [6, 6.07) is 0. The van der Waals surface area contributed by atoms with E-state index < -0.39 is 192 Å². The molecule has 0 aliphatic carbocycles. The van der Waals surface area contributed by atoms with Crippen LogP contribution in [0.3, 0.4) is 0 Å². The average Bonchev–Trinajstić information content (AvgIpc) is 1.26. The molecule has 30 nitrogen and oxygen atoms in total. The first kappa shape index (κ1) is 78.2. The van der Waals surface area contributed by atoms with Crippen LogP contribution in [0.1, 0.15) is 62.1 Å². The van der Waals surface area contributed by atoms with Gasteiger partial charge in [-0.05, 0) is 203 Å². The van der Waals surface area contributed by atoms with E-state index in [0.29, 0.717) is 0 Å². The number of hydrogen-bond donors (Lipinski definition) is 21. The van der Waals surface area contributed by atoms with Gasteiger partial charge in [-0.2, -0.15) is 0 Å². The number of aliphatic hydroxyl groups is 12. The maximum absolute atomic E-state index is 15.3. The molecule has 0 radical (unpaired) electrons. The fraction of sp³-hybridized carbons (Fsp3) is 0.413. The molecule has 39 heteroatoms. The summed E-state index contributed by atoms with van der Waals surface area (Å²) in [6.07, 6.45) is -8.81. The summed E-state index contributed by atoms with van der Waals surface area (Å²) in [5, 5.41) is 139. The Bertz CT molecular complexity index is 2570. The van der Waals surface area contributed by atoms with E-state index in [0.717, 1.165) is 0 Å². The van der Waals surface area contributed by atoms with E-state index in [1.807, 2.05) is 0 Å². The summed E-state index contributed by atoms with van der Waals surface area (Å²) in [7, 11) is 0. The van der Waals surface area contributed by atoms with Gasteiger partial charge in [-0.3, -0.25) is 43.2 Å². The number of nitrogens with one attached hydrogen (secondary N) is 9. The van der Waals surface area contributed by atoms with Crippen LogP contribution in [0, 0.1) is 38.0 Å². The summed E-state index contributed by atoms with van der Waals surface area (Å²) in [4.78, 5) is 130. The molecule has 470 valence electrons. The van der Waals surface area contributed by atoms with Gasteiger partial charge in [0.1, 0.15) is 0 Å². The number of carbonyl (C=O) groups excluding carboxylic acids is 9. The molecule has 6 atom stereocenters. The number of anilines is 3. The molecule has 9 amide bonds. The van der Waals surface area contributed by atoms with Crippen molar-refractivity contribution in [2.24, 2.45) is 5.92 Å². The second kappa shape index (κ2) is 37.5. The zero-order chi connectivity index (χ0) is 64.5. The number of rotatable bonds is 30. The number of aliphatic hydroxyl groups excluding tert-OH is 12. The fourth-order valence-corrected chi connectivity index (χ4v) is 19.9. The van der Waals surface area contributed by atoms with Crippen LogP contribution in [-0.4, -0.2) is 230 Å². The molecular formula is C46H52I9N9O21. The SMILES string of the molecule is O=C(NCC(O)CO)c1c(I)c(NC(=O)C(C(=O)Nc2c(I)c(C(=O)NCC(O)CO)c(I)c(C(=O)NCC(O)CO)c2I)C(=O)Nc2c(I)c(C(=O)NCC(O)CO)c(I)c(C(=O)NCC(O)CO)c2I)c(I)c(C(=O)NCC(O)CO)c1I. The third-order valence-electron chi connectivity index (χ3n) is 11.1. The summed E-state index contributed by atoms with van der Waals surface area (Å²) >= 11 is 14.6. The summed E-state index contributed by atoms with van der Waals surface area (Å²) in [5.74, 6) is -13.3. The highest BCUT2D eigenvalue weighted by Gasteiger charge is 2.40. The molecule has 0 saturated carbocycles. The van der Waals surface area contributed by atoms with Crippen molar-refractivity contribution in [2.45, 2.75) is 36.6 Å². The molecule has 0 saturated heterocycles. The zero-order valence-corrected chi connectivity index (χ0v) is 62.4. The lowest BCUT2D eigenvalue weighted by Crippen LogP contribution is -2.44. The van der Waals surface area contributed by atoms with E-state index in [1.54, 1.807) is 203 Å². The van der Waals surface area contributed by atoms with Gasteiger partial charge in [0.15, 0.2) is 5.92 Å². The largest absolute Gasteiger partial charge is 0.394 e. The van der Waals surface area contributed by atoms with Gasteiger partial charge in [0.25, 0.3) is 35.4 Å². The van der Waals surface area contributed by atoms with E-state index in [-0.39, 0.29) is 65.5 Å². The van der Waals surface area contributed by atoms with E-state index in [4.69, 9.17) is 0 Å². The molecule has 21 N–H and O–H groups in total. The highest BCUT2D eigenvalue weighted by Crippen LogP contribution is 2.40. The number of hydrogen-bond acceptors (Lipinski definition) is 21. The normalized spacial score (nSPS) is 13.7. The van der Waals surface area contributed by atoms with Gasteiger partial charge in [-0.1, -0.05) is 0 Å². The van der Waals surface area contributed by atoms with Crippen LogP contribution in [0.2, 0.25) is 0 Å². The quantitative estimate of drug-likeness (QED) is 0.0241. The van der Waals surface area contributed by atoms with Gasteiger partial charge in [0, 0.05) is 50.0 Å². The standard InChI is InChI=1S/C46H52I9N9O21/c47-26-19(38(77)56-1-13(71)7-65)29(50)35(30(51)20(26)39(78)57-2-14(72)8-66)62-44(83)25(45(84)63-36-31(52)21(40(79)58-3-15(73)9-67)27(48)22(32(36)53)41(80)59-4-16(74)10-68)46(85)64-37-33(54)23(42(81)60-5-17(75)11-69)28(49)24(34(37)55)43(82)61-6-18(76)12-70/h13-18,25,65-76H,1-12H2,(H,56,77)(H,57,78)(H,58,79)(H,59,80)(H,60,81)(H,61,82)(H,62,83)(H,63,84)(H,64,85). The lowest BCUT2D eigenvalue weighted by Gasteiger charge is -2.24. The molecule has 3 aromatic rings. The van der Waals surface area contributed by atoms with Crippen molar-refractivity contribution in [2.75, 3.05) is 94.9 Å². The van der Waals surface area contributed by atoms with Crippen molar-refractivity contribution in [1.82, 2.24) is 31.9 Å². The maximum atomic E-state index is 15.3. The zero-order valence-electron chi connectivity index (χ0n) is 43.0. The molecule has 3 aromatic carbocycles. The Morgan fingerprint density at radius 1 is 0.271 bits per heavy atom. The third kappa shape index (κ3) is 21.0. The van der Waals surface area contributed by atoms with Crippen molar-refractivity contribution in [3.63, 3.8) is 0 Å². The Morgan fingerprint density at radius 3 is 0.541 bits per heavy atom. The summed E-state index contributed by atoms with van der Waals surface area (Å²) in [6.45, 7) is -7.88. The predicted molar refractivity (Wildman–Crippen MR) is 376 cm³/mol. The third-order valence-corrected chi connectivity index (χ3v) is 20.8. The molecule has 0 heterocycles. The van der Waals surface area contributed by atoms with Crippen LogP contribution in [0.15, 0.2) is 0 Å². The molecule has 0 aliphatic rings. The second-order valence-electron chi connectivity index (χ2n) is 17.4. The Labute approximate surface area is 604 Å². The van der Waals surface area contributed by atoms with E-state index in [1.165, 1.54) is 0 Å². The summed E-state index contributed by atoms with van der Waals surface area (Å²) < 4.78 is -1.17. The predicted octanol–water partition coefficient (Wildman–Crippen LogP) is -2.54. The average molecular weight is 2210 g/mol. The topological polar surface area (TPSA) is 505 Å². The van der Waals surface area contributed by atoms with E-state index >= 15 is 14.4 Å². The lowest BCUT2D eigenvalue weighted by atomic mass is 10.0. The number of carbonyl (C=O) groups is 9. The van der Waals surface area contributed by atoms with Crippen molar-refractivity contribution in [1.29, 1.82) is 0 Å². The minimum Gasteiger partial charge on any atom is -0.394 e. The highest BCUT2D eigenvalue weighted by molar-refractivity contribution is 14.1. The number of halogens is 9. The Hall–Kier alpha value is -1.02. The first-order valence-electron chi connectivity index (χ1n) is 23.9. The molecule has 0 aliphatic heterocycles. The molecule has 0 fully saturated rings. The highest BCUT2D eigenvalue weighted by atomic mass is 127. The van der Waals surface area contributed by atoms with Gasteiger partial charge in [0.2, 0.25) is 17.7 Å². The molecule has 85 heavy (non-hydrogen) atoms. The van der Waals surface area contributed by atoms with Gasteiger partial charge in [-0.15, -0.1) is 0 Å². The van der Waals surface area contributed by atoms with Crippen LogP contribution >= 0.6 is 203 Å².